The molecule has 0 saturated carbocycles. The fourth-order valence-electron chi connectivity index (χ4n) is 3.23. The van der Waals surface area contributed by atoms with Crippen LogP contribution in [0, 0.1) is 13.8 Å². The Morgan fingerprint density at radius 1 is 1.25 bits per heavy atom. The van der Waals surface area contributed by atoms with Gasteiger partial charge in [-0.25, -0.2) is 4.98 Å². The average Bonchev–Trinajstić information content (AvgIpc) is 3.26. The monoisotopic (exact) mass is 322 g/mol. The Bertz CT molecular complexity index is 851. The van der Waals surface area contributed by atoms with E-state index in [1.54, 1.807) is 0 Å². The van der Waals surface area contributed by atoms with E-state index in [0.717, 1.165) is 59.8 Å². The van der Waals surface area contributed by atoms with E-state index < -0.39 is 0 Å². The summed E-state index contributed by atoms with van der Waals surface area (Å²) in [5, 5.41) is 8.13. The summed E-state index contributed by atoms with van der Waals surface area (Å²) in [5.74, 6) is 1.01. The average molecular weight is 322 g/mol. The number of hydrogen-bond donors (Lipinski definition) is 1. The first-order valence-corrected chi connectivity index (χ1v) is 8.50. The Labute approximate surface area is 141 Å². The van der Waals surface area contributed by atoms with Crippen molar-refractivity contribution in [3.63, 3.8) is 0 Å². The molecule has 24 heavy (non-hydrogen) atoms. The molecule has 5 heteroatoms. The molecule has 0 radical (unpaired) electrons. The number of nitrogens with zero attached hydrogens (tertiary/aromatic N) is 3. The molecule has 1 aromatic carbocycles. The van der Waals surface area contributed by atoms with Gasteiger partial charge in [0.1, 0.15) is 5.82 Å². The topological polar surface area (TPSA) is 51.5 Å². The van der Waals surface area contributed by atoms with Crippen molar-refractivity contribution < 1.29 is 4.74 Å². The molecule has 124 valence electrons. The van der Waals surface area contributed by atoms with Crippen LogP contribution in [0.1, 0.15) is 24.1 Å². The third-order valence-electron chi connectivity index (χ3n) is 4.73. The van der Waals surface area contributed by atoms with Crippen molar-refractivity contribution >= 4 is 11.5 Å². The van der Waals surface area contributed by atoms with Crippen LogP contribution in [0.5, 0.6) is 0 Å². The molecule has 1 saturated heterocycles. The lowest BCUT2D eigenvalue weighted by Gasteiger charge is -2.16. The van der Waals surface area contributed by atoms with Crippen LogP contribution < -0.4 is 5.32 Å². The smallest absolute Gasteiger partial charge is 0.165 e. The van der Waals surface area contributed by atoms with Gasteiger partial charge in [0.25, 0.3) is 0 Å². The van der Waals surface area contributed by atoms with Crippen LogP contribution in [-0.4, -0.2) is 33.9 Å². The first-order valence-electron chi connectivity index (χ1n) is 8.50. The zero-order valence-corrected chi connectivity index (χ0v) is 14.1. The third-order valence-corrected chi connectivity index (χ3v) is 4.73. The molecule has 1 aliphatic rings. The molecule has 1 N–H and O–H groups in total. The zero-order chi connectivity index (χ0) is 16.5. The molecule has 0 bridgehead atoms. The molecule has 2 aromatic heterocycles. The van der Waals surface area contributed by atoms with E-state index in [1.165, 1.54) is 0 Å². The van der Waals surface area contributed by atoms with Crippen LogP contribution >= 0.6 is 0 Å². The van der Waals surface area contributed by atoms with Gasteiger partial charge in [-0.05, 0) is 32.3 Å². The molecule has 0 unspecified atom stereocenters. The molecule has 1 atom stereocenters. The van der Waals surface area contributed by atoms with Crippen molar-refractivity contribution in [2.45, 2.75) is 32.8 Å². The maximum absolute atomic E-state index is 5.72. The van der Waals surface area contributed by atoms with Gasteiger partial charge in [-0.15, -0.1) is 0 Å². The summed E-state index contributed by atoms with van der Waals surface area (Å²) < 4.78 is 7.64. The van der Waals surface area contributed by atoms with E-state index in [0.29, 0.717) is 0 Å². The van der Waals surface area contributed by atoms with Crippen LogP contribution in [-0.2, 0) is 4.74 Å². The summed E-state index contributed by atoms with van der Waals surface area (Å²) in [4.78, 5) is 4.78. The van der Waals surface area contributed by atoms with Crippen LogP contribution in [0.3, 0.4) is 0 Å². The number of hydrogen-bond acceptors (Lipinski definition) is 4. The summed E-state index contributed by atoms with van der Waals surface area (Å²) >= 11 is 0. The summed E-state index contributed by atoms with van der Waals surface area (Å²) in [6, 6.07) is 10.3. The second-order valence-electron chi connectivity index (χ2n) is 6.35. The first-order chi connectivity index (χ1) is 11.7. The predicted octanol–water partition coefficient (Wildman–Crippen LogP) is 3.60. The van der Waals surface area contributed by atoms with Crippen LogP contribution in [0.25, 0.3) is 16.8 Å². The van der Waals surface area contributed by atoms with Crippen molar-refractivity contribution in [2.24, 2.45) is 0 Å². The summed E-state index contributed by atoms with van der Waals surface area (Å²) in [7, 11) is 0. The molecule has 1 fully saturated rings. The van der Waals surface area contributed by atoms with Crippen molar-refractivity contribution in [3.8, 4) is 11.1 Å². The zero-order valence-electron chi connectivity index (χ0n) is 14.1. The number of fused-ring (bicyclic) bond motifs is 1. The number of ether oxygens (including phenoxy) is 1. The van der Waals surface area contributed by atoms with Gasteiger partial charge in [-0.3, -0.25) is 0 Å². The standard InChI is InChI=1S/C19H22N4O/c1-13-14(2)22-19-17(15-7-4-3-5-8-15)12-21-23(19)18(13)20-11-16-9-6-10-24-16/h3-5,7-8,12,16,20H,6,9-11H2,1-2H3/t16-/m1/s1. The minimum atomic E-state index is 0.289. The fraction of sp³-hybridized carbons (Fsp3) is 0.368. The molecule has 3 aromatic rings. The lowest BCUT2D eigenvalue weighted by molar-refractivity contribution is 0.120. The van der Waals surface area contributed by atoms with E-state index in [2.05, 4.69) is 29.5 Å². The Morgan fingerprint density at radius 3 is 2.83 bits per heavy atom. The maximum atomic E-state index is 5.72. The number of aromatic nitrogens is 3. The number of rotatable bonds is 4. The van der Waals surface area contributed by atoms with E-state index in [9.17, 15) is 0 Å². The fourth-order valence-corrected chi connectivity index (χ4v) is 3.23. The molecular weight excluding hydrogens is 300 g/mol. The van der Waals surface area contributed by atoms with Crippen molar-refractivity contribution in [3.05, 3.63) is 47.8 Å². The quantitative estimate of drug-likeness (QED) is 0.797. The van der Waals surface area contributed by atoms with Gasteiger partial charge in [0, 0.05) is 30.0 Å². The van der Waals surface area contributed by atoms with Gasteiger partial charge in [-0.1, -0.05) is 30.3 Å². The molecule has 3 heterocycles. The largest absolute Gasteiger partial charge is 0.376 e. The molecule has 4 rings (SSSR count). The highest BCUT2D eigenvalue weighted by atomic mass is 16.5. The van der Waals surface area contributed by atoms with Crippen molar-refractivity contribution in [1.29, 1.82) is 0 Å². The van der Waals surface area contributed by atoms with Gasteiger partial charge in [-0.2, -0.15) is 9.61 Å². The van der Waals surface area contributed by atoms with Gasteiger partial charge in [0.2, 0.25) is 0 Å². The molecular formula is C19H22N4O. The second-order valence-corrected chi connectivity index (χ2v) is 6.35. The number of aryl methyl sites for hydroxylation is 1. The number of nitrogens with one attached hydrogen (secondary N) is 1. The Balaban J connectivity index is 1.75. The normalized spacial score (nSPS) is 17.5. The SMILES string of the molecule is Cc1nc2c(-c3ccccc3)cnn2c(NC[C@H]2CCCO2)c1C. The molecule has 0 amide bonds. The van der Waals surface area contributed by atoms with Gasteiger partial charge < -0.3 is 10.1 Å². The van der Waals surface area contributed by atoms with Gasteiger partial charge in [0.05, 0.1) is 12.3 Å². The summed E-state index contributed by atoms with van der Waals surface area (Å²) in [6.07, 6.45) is 4.45. The number of anilines is 1. The van der Waals surface area contributed by atoms with Gasteiger partial charge in [0.15, 0.2) is 5.65 Å². The van der Waals surface area contributed by atoms with E-state index in [1.807, 2.05) is 35.8 Å². The van der Waals surface area contributed by atoms with Crippen molar-refractivity contribution in [1.82, 2.24) is 14.6 Å². The Morgan fingerprint density at radius 2 is 2.08 bits per heavy atom. The molecule has 1 aliphatic heterocycles. The molecule has 5 nitrogen and oxygen atoms in total. The van der Waals surface area contributed by atoms with Crippen LogP contribution in [0.2, 0.25) is 0 Å². The lowest BCUT2D eigenvalue weighted by atomic mass is 10.1. The van der Waals surface area contributed by atoms with Crippen LogP contribution in [0.15, 0.2) is 36.5 Å². The van der Waals surface area contributed by atoms with E-state index in [4.69, 9.17) is 9.72 Å². The summed E-state index contributed by atoms with van der Waals surface area (Å²) in [5.41, 5.74) is 5.23. The maximum Gasteiger partial charge on any atom is 0.165 e. The minimum absolute atomic E-state index is 0.289. The van der Waals surface area contributed by atoms with E-state index in [-0.39, 0.29) is 6.10 Å². The molecule has 0 spiro atoms. The third kappa shape index (κ3) is 2.65. The highest BCUT2D eigenvalue weighted by Gasteiger charge is 2.18. The minimum Gasteiger partial charge on any atom is -0.376 e. The van der Waals surface area contributed by atoms with Crippen LogP contribution in [0.4, 0.5) is 5.82 Å². The van der Waals surface area contributed by atoms with E-state index >= 15 is 0 Å². The molecule has 0 aliphatic carbocycles. The second kappa shape index (κ2) is 6.24. The number of benzene rings is 1. The van der Waals surface area contributed by atoms with Crippen molar-refractivity contribution in [2.75, 3.05) is 18.5 Å². The Kier molecular flexibility index (Phi) is 3.94. The summed E-state index contributed by atoms with van der Waals surface area (Å²) in [6.45, 7) is 5.81. The highest BCUT2D eigenvalue weighted by Crippen LogP contribution is 2.28. The lowest BCUT2D eigenvalue weighted by Crippen LogP contribution is -2.21. The highest BCUT2D eigenvalue weighted by molar-refractivity contribution is 5.78. The Hall–Kier alpha value is -2.40. The van der Waals surface area contributed by atoms with Gasteiger partial charge >= 0.3 is 0 Å². The predicted molar refractivity (Wildman–Crippen MR) is 95.4 cm³/mol. The first kappa shape index (κ1) is 15.1.